The Bertz CT molecular complexity index is 1830. The number of nitrogens with zero attached hydrogens (tertiary/aromatic N) is 5. The summed E-state index contributed by atoms with van der Waals surface area (Å²) in [6.07, 6.45) is 6.84. The molecule has 0 atom stereocenters. The number of benzene rings is 1. The van der Waals surface area contributed by atoms with Crippen LogP contribution in [0.25, 0.3) is 27.6 Å². The van der Waals surface area contributed by atoms with Crippen LogP contribution in [0.2, 0.25) is 0 Å². The first-order valence-corrected chi connectivity index (χ1v) is 15.6. The van der Waals surface area contributed by atoms with Gasteiger partial charge in [0.2, 0.25) is 5.78 Å². The Kier molecular flexibility index (Phi) is 8.17. The fraction of sp³-hybridized carbons (Fsp3) is 0.452. The Hall–Kier alpha value is -3.87. The van der Waals surface area contributed by atoms with Crippen molar-refractivity contribution in [3.05, 3.63) is 79.8 Å². The van der Waals surface area contributed by atoms with Gasteiger partial charge >= 0.3 is 5.76 Å². The lowest BCUT2D eigenvalue weighted by Crippen LogP contribution is -2.36. The monoisotopic (exact) mass is 604 g/mol. The van der Waals surface area contributed by atoms with Gasteiger partial charge in [0, 0.05) is 38.9 Å². The lowest BCUT2D eigenvalue weighted by molar-refractivity contribution is -0.0654. The van der Waals surface area contributed by atoms with Crippen LogP contribution >= 0.6 is 11.3 Å². The van der Waals surface area contributed by atoms with E-state index in [1.54, 1.807) is 25.2 Å². The molecule has 1 aliphatic rings. The molecule has 226 valence electrons. The van der Waals surface area contributed by atoms with Crippen LogP contribution in [0.4, 0.5) is 0 Å². The normalized spacial score (nSPS) is 17.6. The Morgan fingerprint density at radius 1 is 1.12 bits per heavy atom. The quantitative estimate of drug-likeness (QED) is 0.232. The molecule has 2 N–H and O–H groups in total. The van der Waals surface area contributed by atoms with Gasteiger partial charge in [-0.2, -0.15) is 10.1 Å². The van der Waals surface area contributed by atoms with Crippen LogP contribution in [-0.4, -0.2) is 52.7 Å². The van der Waals surface area contributed by atoms with Gasteiger partial charge in [0.05, 0.1) is 24.0 Å². The molecule has 0 unspecified atom stereocenters. The number of ether oxygens (including phenoxy) is 1. The van der Waals surface area contributed by atoms with Crippen molar-refractivity contribution in [2.45, 2.75) is 83.5 Å². The third-order valence-corrected chi connectivity index (χ3v) is 9.01. The second-order valence-corrected chi connectivity index (χ2v) is 13.0. The van der Waals surface area contributed by atoms with Crippen molar-refractivity contribution in [1.82, 2.24) is 29.3 Å². The third-order valence-electron chi connectivity index (χ3n) is 7.89. The molecule has 5 aromatic rings. The van der Waals surface area contributed by atoms with E-state index in [0.29, 0.717) is 24.4 Å². The first-order chi connectivity index (χ1) is 20.7. The van der Waals surface area contributed by atoms with Gasteiger partial charge in [-0.15, -0.1) is 11.3 Å². The number of aryl methyl sites for hydroxylation is 1. The van der Waals surface area contributed by atoms with Gasteiger partial charge in [0.15, 0.2) is 5.82 Å². The molecule has 1 aromatic carbocycles. The Morgan fingerprint density at radius 3 is 2.58 bits per heavy atom. The van der Waals surface area contributed by atoms with Crippen LogP contribution in [0.1, 0.15) is 75.1 Å². The van der Waals surface area contributed by atoms with Crippen molar-refractivity contribution < 1.29 is 14.4 Å². The molecular formula is C31H36N6O5S. The van der Waals surface area contributed by atoms with Crippen molar-refractivity contribution in [2.24, 2.45) is 0 Å². The molecule has 0 bridgehead atoms. The first kappa shape index (κ1) is 29.2. The lowest BCUT2D eigenvalue weighted by atomic mass is 9.92. The Morgan fingerprint density at radius 2 is 1.88 bits per heavy atom. The summed E-state index contributed by atoms with van der Waals surface area (Å²) in [4.78, 5) is 35.1. The van der Waals surface area contributed by atoms with E-state index in [9.17, 15) is 14.7 Å². The molecule has 0 radical (unpaired) electrons. The zero-order chi connectivity index (χ0) is 30.1. The summed E-state index contributed by atoms with van der Waals surface area (Å²) in [5.41, 5.74) is 2.44. The van der Waals surface area contributed by atoms with E-state index in [0.717, 1.165) is 64.2 Å². The van der Waals surface area contributed by atoms with E-state index in [1.807, 2.05) is 39.4 Å². The predicted octanol–water partition coefficient (Wildman–Crippen LogP) is 4.78. The fourth-order valence-electron chi connectivity index (χ4n) is 5.91. The summed E-state index contributed by atoms with van der Waals surface area (Å²) in [5.74, 6) is 0.357. The van der Waals surface area contributed by atoms with Gasteiger partial charge in [-0.05, 0) is 58.1 Å². The summed E-state index contributed by atoms with van der Waals surface area (Å²) in [7, 11) is 0. The minimum Gasteiger partial charge on any atom is -0.388 e. The van der Waals surface area contributed by atoms with Gasteiger partial charge < -0.3 is 9.84 Å². The summed E-state index contributed by atoms with van der Waals surface area (Å²) in [6, 6.07) is 11.8. The summed E-state index contributed by atoms with van der Waals surface area (Å²) in [5, 5.41) is 18.5. The maximum Gasteiger partial charge on any atom is 0.439 e. The highest BCUT2D eigenvalue weighted by Gasteiger charge is 2.29. The predicted molar refractivity (Wildman–Crippen MR) is 163 cm³/mol. The van der Waals surface area contributed by atoms with Gasteiger partial charge in [0.25, 0.3) is 5.56 Å². The number of fused-ring (bicyclic) bond motifs is 1. The van der Waals surface area contributed by atoms with Crippen molar-refractivity contribution in [1.29, 1.82) is 0 Å². The number of aromatic amines is 1. The molecule has 0 aliphatic heterocycles. The number of aliphatic hydroxyl groups is 1. The zero-order valence-corrected chi connectivity index (χ0v) is 25.4. The smallest absolute Gasteiger partial charge is 0.388 e. The van der Waals surface area contributed by atoms with Crippen LogP contribution in [0, 0.1) is 0 Å². The van der Waals surface area contributed by atoms with Crippen molar-refractivity contribution >= 4 is 17.1 Å². The maximum absolute atomic E-state index is 14.3. The minimum atomic E-state index is -0.871. The second kappa shape index (κ2) is 12.0. The number of hydrogen-bond acceptors (Lipinski definition) is 9. The van der Waals surface area contributed by atoms with Crippen molar-refractivity contribution in [3.8, 4) is 21.8 Å². The highest BCUT2D eigenvalue weighted by Crippen LogP contribution is 2.36. The van der Waals surface area contributed by atoms with Gasteiger partial charge in [-0.3, -0.25) is 18.9 Å². The Labute approximate surface area is 252 Å². The van der Waals surface area contributed by atoms with Crippen molar-refractivity contribution in [2.75, 3.05) is 6.61 Å². The van der Waals surface area contributed by atoms with Gasteiger partial charge in [-0.1, -0.05) is 42.8 Å². The van der Waals surface area contributed by atoms with E-state index in [1.165, 1.54) is 6.33 Å². The van der Waals surface area contributed by atoms with Crippen LogP contribution in [0.3, 0.4) is 0 Å². The third kappa shape index (κ3) is 6.13. The number of H-pyrrole nitrogens is 1. The van der Waals surface area contributed by atoms with Crippen LogP contribution < -0.4 is 11.3 Å². The molecular weight excluding hydrogens is 568 g/mol. The standard InChI is InChI=1S/C31H36N6O5S/c1-4-7-25-24(16-21-14-15-26(43-21)22-8-5-6-9-23(22)27-34-30(39)42-35-27)28(38)36(29-32-18-33-37(25)29)19-10-12-20(13-11-19)41-17-31(2,3)40/h5-6,8-9,14-15,18-20,40H,4,7,10-13,16-17H2,1-3H3,(H,34,35,39)/t19-,20-. The molecule has 1 saturated carbocycles. The minimum absolute atomic E-state index is 0.00833. The SMILES string of the molecule is CCCc1c(Cc2ccc(-c3ccccc3-c3noc(=O)[nH]3)s2)c(=O)n([C@H]2CC[C@H](OCC(C)(C)O)CC2)c2ncnn12. The van der Waals surface area contributed by atoms with E-state index in [-0.39, 0.29) is 24.3 Å². The van der Waals surface area contributed by atoms with Gasteiger partial charge in [-0.25, -0.2) is 9.31 Å². The average molecular weight is 605 g/mol. The molecule has 1 aliphatic carbocycles. The molecule has 11 nitrogen and oxygen atoms in total. The number of aromatic nitrogens is 6. The van der Waals surface area contributed by atoms with Crippen LogP contribution in [-0.2, 0) is 17.6 Å². The highest BCUT2D eigenvalue weighted by molar-refractivity contribution is 7.15. The van der Waals surface area contributed by atoms with Crippen molar-refractivity contribution in [3.63, 3.8) is 0 Å². The average Bonchev–Trinajstić information content (AvgIpc) is 3.76. The lowest BCUT2D eigenvalue weighted by Gasteiger charge is -2.31. The van der Waals surface area contributed by atoms with E-state index < -0.39 is 11.4 Å². The van der Waals surface area contributed by atoms with Crippen LogP contribution in [0.5, 0.6) is 0 Å². The molecule has 43 heavy (non-hydrogen) atoms. The fourth-order valence-corrected chi connectivity index (χ4v) is 6.97. The molecule has 6 rings (SSSR count). The largest absolute Gasteiger partial charge is 0.439 e. The number of hydrogen-bond donors (Lipinski definition) is 2. The summed E-state index contributed by atoms with van der Waals surface area (Å²) in [6.45, 7) is 5.87. The molecule has 4 heterocycles. The molecule has 0 spiro atoms. The second-order valence-electron chi connectivity index (χ2n) is 11.8. The molecule has 12 heteroatoms. The van der Waals surface area contributed by atoms with E-state index >= 15 is 0 Å². The summed E-state index contributed by atoms with van der Waals surface area (Å²) < 4.78 is 14.4. The highest BCUT2D eigenvalue weighted by atomic mass is 32.1. The molecule has 0 saturated heterocycles. The number of nitrogens with one attached hydrogen (secondary N) is 1. The molecule has 1 fully saturated rings. The zero-order valence-electron chi connectivity index (χ0n) is 24.6. The Balaban J connectivity index is 1.32. The van der Waals surface area contributed by atoms with Gasteiger partial charge in [0.1, 0.15) is 6.33 Å². The van der Waals surface area contributed by atoms with E-state index in [2.05, 4.69) is 33.2 Å². The summed E-state index contributed by atoms with van der Waals surface area (Å²) >= 11 is 1.61. The number of rotatable bonds is 10. The maximum atomic E-state index is 14.3. The molecule has 4 aromatic heterocycles. The molecule has 0 amide bonds. The number of thiophene rings is 1. The van der Waals surface area contributed by atoms with E-state index in [4.69, 9.17) is 9.26 Å². The first-order valence-electron chi connectivity index (χ1n) is 14.8. The topological polar surface area (TPSA) is 141 Å². The van der Waals surface area contributed by atoms with Crippen LogP contribution in [0.15, 0.2) is 56.8 Å².